The second-order valence-corrected chi connectivity index (χ2v) is 6.42. The minimum absolute atomic E-state index is 0.449. The second kappa shape index (κ2) is 6.25. The first-order chi connectivity index (χ1) is 11.6. The maximum Gasteiger partial charge on any atom is 0.172 e. The number of rotatable bonds is 3. The molecule has 0 aromatic carbocycles. The van der Waals surface area contributed by atoms with Gasteiger partial charge >= 0.3 is 0 Å². The molecule has 4 rings (SSSR count). The molecular formula is C15H22N6O3. The first-order valence-corrected chi connectivity index (χ1v) is 8.36. The van der Waals surface area contributed by atoms with Crippen LogP contribution < -0.4 is 5.43 Å². The van der Waals surface area contributed by atoms with Gasteiger partial charge in [0.1, 0.15) is 18.5 Å². The Morgan fingerprint density at radius 2 is 1.92 bits per heavy atom. The summed E-state index contributed by atoms with van der Waals surface area (Å²) >= 11 is 0. The van der Waals surface area contributed by atoms with Gasteiger partial charge in [0.15, 0.2) is 23.2 Å². The van der Waals surface area contributed by atoms with E-state index in [1.54, 1.807) is 17.8 Å². The summed E-state index contributed by atoms with van der Waals surface area (Å²) < 4.78 is 7.31. The van der Waals surface area contributed by atoms with Gasteiger partial charge in [-0.2, -0.15) is 0 Å². The van der Waals surface area contributed by atoms with Crippen LogP contribution in [0.4, 0.5) is 5.82 Å². The minimum Gasteiger partial charge on any atom is -0.388 e. The lowest BCUT2D eigenvalue weighted by molar-refractivity contribution is -0.0299. The molecule has 0 unspecified atom stereocenters. The van der Waals surface area contributed by atoms with Crippen molar-refractivity contribution in [3.05, 3.63) is 12.7 Å². The van der Waals surface area contributed by atoms with Crippen molar-refractivity contribution in [2.45, 2.75) is 50.7 Å². The third kappa shape index (κ3) is 2.63. The summed E-state index contributed by atoms with van der Waals surface area (Å²) in [5, 5.41) is 22.3. The van der Waals surface area contributed by atoms with Crippen molar-refractivity contribution in [3.63, 3.8) is 0 Å². The molecule has 0 bridgehead atoms. The Labute approximate surface area is 139 Å². The standard InChI is InChI=1S/C15H22N6O3/c1-9-11(22)12(23)15(24-9)21-8-18-10-13(16-7-17-14(10)21)19-20-5-3-2-4-6-20/h7-9,11-12,15,22-23H,2-6H2,1H3,(H,16,17,19)/t9-,11-,12-,15-/m1/s1. The van der Waals surface area contributed by atoms with Crippen molar-refractivity contribution in [3.8, 4) is 0 Å². The van der Waals surface area contributed by atoms with Crippen LogP contribution >= 0.6 is 0 Å². The Morgan fingerprint density at radius 1 is 1.12 bits per heavy atom. The highest BCUT2D eigenvalue weighted by atomic mass is 16.6. The molecule has 4 heterocycles. The molecule has 2 fully saturated rings. The molecule has 2 saturated heterocycles. The van der Waals surface area contributed by atoms with Crippen molar-refractivity contribution in [1.29, 1.82) is 0 Å². The van der Waals surface area contributed by atoms with Crippen LogP contribution in [0, 0.1) is 0 Å². The van der Waals surface area contributed by atoms with Crippen LogP contribution in [0.2, 0.25) is 0 Å². The minimum atomic E-state index is -1.02. The van der Waals surface area contributed by atoms with Gasteiger partial charge < -0.3 is 20.4 Å². The average Bonchev–Trinajstić information content (AvgIpc) is 3.13. The topological polar surface area (TPSA) is 109 Å². The highest BCUT2D eigenvalue weighted by Crippen LogP contribution is 2.32. The summed E-state index contributed by atoms with van der Waals surface area (Å²) in [5.74, 6) is 0.640. The van der Waals surface area contributed by atoms with Gasteiger partial charge in [-0.3, -0.25) is 4.57 Å². The predicted molar refractivity (Wildman–Crippen MR) is 86.0 cm³/mol. The molecule has 2 aliphatic heterocycles. The molecule has 2 aliphatic rings. The van der Waals surface area contributed by atoms with Crippen molar-refractivity contribution in [2.24, 2.45) is 0 Å². The van der Waals surface area contributed by atoms with Crippen molar-refractivity contribution < 1.29 is 14.9 Å². The van der Waals surface area contributed by atoms with E-state index in [9.17, 15) is 10.2 Å². The molecule has 0 amide bonds. The Morgan fingerprint density at radius 3 is 2.62 bits per heavy atom. The van der Waals surface area contributed by atoms with Crippen molar-refractivity contribution >= 4 is 17.0 Å². The van der Waals surface area contributed by atoms with Crippen LogP contribution in [0.5, 0.6) is 0 Å². The first kappa shape index (κ1) is 15.7. The number of aliphatic hydroxyl groups is 2. The van der Waals surface area contributed by atoms with Crippen LogP contribution in [0.25, 0.3) is 11.2 Å². The average molecular weight is 334 g/mol. The van der Waals surface area contributed by atoms with E-state index >= 15 is 0 Å². The number of hydrazine groups is 1. The van der Waals surface area contributed by atoms with Crippen LogP contribution in [-0.2, 0) is 4.74 Å². The summed E-state index contributed by atoms with van der Waals surface area (Å²) in [6, 6.07) is 0. The van der Waals surface area contributed by atoms with Gasteiger partial charge in [-0.05, 0) is 19.8 Å². The summed E-state index contributed by atoms with van der Waals surface area (Å²) in [6.45, 7) is 3.67. The monoisotopic (exact) mass is 334 g/mol. The lowest BCUT2D eigenvalue weighted by Crippen LogP contribution is -2.35. The predicted octanol–water partition coefficient (Wildman–Crippen LogP) is 0.278. The van der Waals surface area contributed by atoms with E-state index in [2.05, 4.69) is 25.4 Å². The zero-order valence-corrected chi connectivity index (χ0v) is 13.5. The number of aliphatic hydroxyl groups excluding tert-OH is 2. The Kier molecular flexibility index (Phi) is 4.09. The number of nitrogens with one attached hydrogen (secondary N) is 1. The van der Waals surface area contributed by atoms with Crippen molar-refractivity contribution in [2.75, 3.05) is 18.5 Å². The van der Waals surface area contributed by atoms with E-state index in [1.807, 2.05) is 0 Å². The molecule has 2 aromatic heterocycles. The number of anilines is 1. The normalized spacial score (nSPS) is 31.6. The van der Waals surface area contributed by atoms with Crippen LogP contribution in [0.1, 0.15) is 32.4 Å². The number of nitrogens with zero attached hydrogens (tertiary/aromatic N) is 5. The Hall–Kier alpha value is -1.81. The SMILES string of the molecule is C[C@H]1O[C@@H](n2cnc3c(NN4CCCCC4)ncnc32)[C@H](O)[C@@H]1O. The molecule has 9 heteroatoms. The summed E-state index contributed by atoms with van der Waals surface area (Å²) in [4.78, 5) is 13.0. The summed E-state index contributed by atoms with van der Waals surface area (Å²) in [7, 11) is 0. The van der Waals surface area contributed by atoms with E-state index in [0.29, 0.717) is 17.0 Å². The fraction of sp³-hybridized carbons (Fsp3) is 0.667. The van der Waals surface area contributed by atoms with Crippen LogP contribution in [0.3, 0.4) is 0 Å². The molecule has 4 atom stereocenters. The van der Waals surface area contributed by atoms with Gasteiger partial charge in [-0.25, -0.2) is 20.0 Å². The van der Waals surface area contributed by atoms with Gasteiger partial charge in [0.2, 0.25) is 0 Å². The maximum absolute atomic E-state index is 10.2. The molecular weight excluding hydrogens is 312 g/mol. The van der Waals surface area contributed by atoms with E-state index in [1.165, 1.54) is 12.7 Å². The third-order valence-corrected chi connectivity index (χ3v) is 4.73. The molecule has 2 aromatic rings. The molecule has 9 nitrogen and oxygen atoms in total. The van der Waals surface area contributed by atoms with Gasteiger partial charge in [0, 0.05) is 13.1 Å². The smallest absolute Gasteiger partial charge is 0.172 e. The summed E-state index contributed by atoms with van der Waals surface area (Å²) in [5.41, 5.74) is 4.49. The van der Waals surface area contributed by atoms with Crippen molar-refractivity contribution in [1.82, 2.24) is 24.5 Å². The van der Waals surface area contributed by atoms with Gasteiger partial charge in [-0.15, -0.1) is 0 Å². The summed E-state index contributed by atoms with van der Waals surface area (Å²) in [6.07, 6.45) is 3.50. The lowest BCUT2D eigenvalue weighted by Gasteiger charge is -2.27. The number of hydrogen-bond acceptors (Lipinski definition) is 8. The Balaban J connectivity index is 1.64. The van der Waals surface area contributed by atoms with Crippen LogP contribution in [0.15, 0.2) is 12.7 Å². The first-order valence-electron chi connectivity index (χ1n) is 8.36. The lowest BCUT2D eigenvalue weighted by atomic mass is 10.1. The molecule has 0 saturated carbocycles. The zero-order valence-electron chi connectivity index (χ0n) is 13.5. The quantitative estimate of drug-likeness (QED) is 0.734. The fourth-order valence-electron chi connectivity index (χ4n) is 3.33. The number of hydrogen-bond donors (Lipinski definition) is 3. The molecule has 0 aliphatic carbocycles. The fourth-order valence-corrected chi connectivity index (χ4v) is 3.33. The number of imidazole rings is 1. The molecule has 0 spiro atoms. The van der Waals surface area contributed by atoms with Crippen LogP contribution in [-0.4, -0.2) is 66.1 Å². The number of fused-ring (bicyclic) bond motifs is 1. The highest BCUT2D eigenvalue weighted by Gasteiger charge is 2.42. The molecule has 24 heavy (non-hydrogen) atoms. The van der Waals surface area contributed by atoms with E-state index in [4.69, 9.17) is 4.74 Å². The maximum atomic E-state index is 10.2. The molecule has 3 N–H and O–H groups in total. The van der Waals surface area contributed by atoms with Gasteiger partial charge in [0.25, 0.3) is 0 Å². The van der Waals surface area contributed by atoms with E-state index in [-0.39, 0.29) is 0 Å². The largest absolute Gasteiger partial charge is 0.388 e. The van der Waals surface area contributed by atoms with E-state index in [0.717, 1.165) is 25.9 Å². The second-order valence-electron chi connectivity index (χ2n) is 6.42. The van der Waals surface area contributed by atoms with Gasteiger partial charge in [0.05, 0.1) is 12.4 Å². The third-order valence-electron chi connectivity index (χ3n) is 4.73. The highest BCUT2D eigenvalue weighted by molar-refractivity contribution is 5.82. The zero-order chi connectivity index (χ0) is 16.7. The van der Waals surface area contributed by atoms with Gasteiger partial charge in [-0.1, -0.05) is 6.42 Å². The number of ether oxygens (including phenoxy) is 1. The molecule has 130 valence electrons. The molecule has 0 radical (unpaired) electrons. The number of piperidine rings is 1. The number of aromatic nitrogens is 4. The van der Waals surface area contributed by atoms with E-state index < -0.39 is 24.5 Å². The Bertz CT molecular complexity index is 716.